The molecule has 276 valence electrons. The Bertz CT molecular complexity index is 2770. The number of terminal acetylenes is 1. The minimum absolute atomic E-state index is 0.166. The highest BCUT2D eigenvalue weighted by Gasteiger charge is 2.50. The molecule has 1 nitrogen and oxygen atoms in total. The van der Waals surface area contributed by atoms with Crippen molar-refractivity contribution in [3.63, 3.8) is 0 Å². The van der Waals surface area contributed by atoms with Crippen LogP contribution in [-0.4, -0.2) is 0 Å². The van der Waals surface area contributed by atoms with Crippen LogP contribution in [0.3, 0.4) is 0 Å². The van der Waals surface area contributed by atoms with Crippen molar-refractivity contribution < 1.29 is 0 Å². The molecule has 58 heavy (non-hydrogen) atoms. The first kappa shape index (κ1) is 35.3. The molecule has 0 N–H and O–H groups in total. The largest absolute Gasteiger partial charge is 0.311 e. The van der Waals surface area contributed by atoms with E-state index >= 15 is 0 Å². The number of allylic oxidation sites excluding steroid dienone is 8. The molecule has 2 unspecified atom stereocenters. The zero-order valence-corrected chi connectivity index (χ0v) is 32.6. The Hall–Kier alpha value is -7.14. The molecule has 0 spiro atoms. The van der Waals surface area contributed by atoms with E-state index in [1.807, 2.05) is 0 Å². The lowest BCUT2D eigenvalue weighted by Gasteiger charge is -2.40. The zero-order chi connectivity index (χ0) is 39.1. The lowest BCUT2D eigenvalue weighted by Crippen LogP contribution is -2.36. The van der Waals surface area contributed by atoms with Gasteiger partial charge in [0, 0.05) is 22.6 Å². The lowest BCUT2D eigenvalue weighted by atomic mass is 9.62. The van der Waals surface area contributed by atoms with Crippen molar-refractivity contribution >= 4 is 22.6 Å². The SMILES string of the molecule is C#CC1=C(/C=C\C)c2ccccc2C1(c1ccc(N(c2ccccc2)c2ccc(C3(c4ccccc4)c4ccccc4-c4ccccc43)cc2)cc1)C1C=CC=CC1. The fourth-order valence-corrected chi connectivity index (χ4v) is 10.3. The third kappa shape index (κ3) is 5.19. The molecule has 3 aliphatic rings. The minimum atomic E-state index is -0.501. The van der Waals surface area contributed by atoms with Crippen LogP contribution in [0, 0.1) is 18.3 Å². The number of hydrogen-bond donors (Lipinski definition) is 0. The fourth-order valence-electron chi connectivity index (χ4n) is 10.3. The Balaban J connectivity index is 1.12. The molecule has 0 fully saturated rings. The second-order valence-electron chi connectivity index (χ2n) is 15.4. The topological polar surface area (TPSA) is 3.24 Å². The summed E-state index contributed by atoms with van der Waals surface area (Å²) in [6.45, 7) is 2.07. The summed E-state index contributed by atoms with van der Waals surface area (Å²) in [5.74, 6) is 3.40. The summed E-state index contributed by atoms with van der Waals surface area (Å²) in [6.07, 6.45) is 20.7. The first-order valence-corrected chi connectivity index (χ1v) is 20.3. The maximum atomic E-state index is 6.55. The lowest BCUT2D eigenvalue weighted by molar-refractivity contribution is 0.456. The molecule has 7 aromatic rings. The molecule has 0 amide bonds. The maximum Gasteiger partial charge on any atom is 0.0713 e. The molecule has 0 aliphatic heterocycles. The summed E-state index contributed by atoms with van der Waals surface area (Å²) in [5.41, 5.74) is 15.9. The summed E-state index contributed by atoms with van der Waals surface area (Å²) in [7, 11) is 0. The normalized spacial score (nSPS) is 18.4. The molecule has 2 atom stereocenters. The van der Waals surface area contributed by atoms with E-state index in [1.165, 1.54) is 50.1 Å². The van der Waals surface area contributed by atoms with E-state index in [1.54, 1.807) is 0 Å². The Labute approximate surface area is 342 Å². The van der Waals surface area contributed by atoms with Gasteiger partial charge in [-0.3, -0.25) is 0 Å². The molecule has 0 bridgehead atoms. The average Bonchev–Trinajstić information content (AvgIpc) is 3.76. The predicted octanol–water partition coefficient (Wildman–Crippen LogP) is 13.9. The van der Waals surface area contributed by atoms with E-state index in [4.69, 9.17) is 6.42 Å². The second-order valence-corrected chi connectivity index (χ2v) is 15.4. The number of fused-ring (bicyclic) bond motifs is 4. The number of anilines is 3. The van der Waals surface area contributed by atoms with Crippen LogP contribution in [-0.2, 0) is 10.8 Å². The van der Waals surface area contributed by atoms with E-state index in [2.05, 4.69) is 236 Å². The van der Waals surface area contributed by atoms with Gasteiger partial charge in [0.1, 0.15) is 0 Å². The van der Waals surface area contributed by atoms with Crippen molar-refractivity contribution in [1.29, 1.82) is 0 Å². The zero-order valence-electron chi connectivity index (χ0n) is 32.6. The van der Waals surface area contributed by atoms with Crippen LogP contribution in [0.5, 0.6) is 0 Å². The molecule has 10 rings (SSSR count). The van der Waals surface area contributed by atoms with Gasteiger partial charge < -0.3 is 4.90 Å². The third-order valence-electron chi connectivity index (χ3n) is 12.6. The summed E-state index contributed by atoms with van der Waals surface area (Å²) >= 11 is 0. The van der Waals surface area contributed by atoms with Gasteiger partial charge in [0.05, 0.1) is 10.8 Å². The van der Waals surface area contributed by atoms with Crippen molar-refractivity contribution in [2.45, 2.75) is 24.2 Å². The minimum Gasteiger partial charge on any atom is -0.311 e. The Morgan fingerprint density at radius 1 is 0.534 bits per heavy atom. The fraction of sp³-hybridized carbons (Fsp3) is 0.0877. The predicted molar refractivity (Wildman–Crippen MR) is 243 cm³/mol. The molecule has 0 radical (unpaired) electrons. The van der Waals surface area contributed by atoms with E-state index in [0.717, 1.165) is 34.6 Å². The monoisotopic (exact) mass is 741 g/mol. The van der Waals surface area contributed by atoms with Gasteiger partial charge in [-0.15, -0.1) is 6.42 Å². The first-order chi connectivity index (χ1) is 28.7. The smallest absolute Gasteiger partial charge is 0.0713 e. The highest BCUT2D eigenvalue weighted by atomic mass is 15.1. The first-order valence-electron chi connectivity index (χ1n) is 20.3. The summed E-state index contributed by atoms with van der Waals surface area (Å²) < 4.78 is 0. The number of nitrogens with zero attached hydrogens (tertiary/aromatic N) is 1. The highest BCUT2D eigenvalue weighted by Crippen LogP contribution is 2.58. The molecule has 1 heteroatoms. The molecule has 0 heterocycles. The second kappa shape index (κ2) is 14.4. The molecule has 0 saturated carbocycles. The van der Waals surface area contributed by atoms with E-state index < -0.39 is 10.8 Å². The van der Waals surface area contributed by atoms with Crippen molar-refractivity contribution in [2.75, 3.05) is 4.90 Å². The molecule has 0 saturated heterocycles. The van der Waals surface area contributed by atoms with Crippen LogP contribution in [0.25, 0.3) is 16.7 Å². The average molecular weight is 742 g/mol. The van der Waals surface area contributed by atoms with Gasteiger partial charge >= 0.3 is 0 Å². The molecular weight excluding hydrogens is 699 g/mol. The number of benzene rings is 7. The molecule has 7 aromatic carbocycles. The van der Waals surface area contributed by atoms with Gasteiger partial charge in [-0.25, -0.2) is 0 Å². The van der Waals surface area contributed by atoms with E-state index in [0.29, 0.717) is 0 Å². The molecule has 3 aliphatic carbocycles. The van der Waals surface area contributed by atoms with E-state index in [9.17, 15) is 0 Å². The van der Waals surface area contributed by atoms with Gasteiger partial charge in [0.25, 0.3) is 0 Å². The van der Waals surface area contributed by atoms with Gasteiger partial charge in [-0.05, 0) is 111 Å². The summed E-state index contributed by atoms with van der Waals surface area (Å²) in [6, 6.07) is 66.7. The highest BCUT2D eigenvalue weighted by molar-refractivity contribution is 5.92. The van der Waals surface area contributed by atoms with Crippen LogP contribution >= 0.6 is 0 Å². The van der Waals surface area contributed by atoms with Gasteiger partial charge in [0.2, 0.25) is 0 Å². The molecular formula is C57H43N. The maximum absolute atomic E-state index is 6.55. The van der Waals surface area contributed by atoms with Crippen LogP contribution in [0.15, 0.2) is 224 Å². The standard InChI is InChI=1S/C57H43N/c1-3-20-48-49-27-14-17-30-53(49)56(52(48)4-2,41-21-8-5-9-22-41)43-33-37-46(38-34-43)58(45-25-12-7-13-26-45)47-39-35-44(36-40-47)57(42-23-10-6-11-24-42)54-31-18-15-28-50(54)51-29-16-19-32-55(51)57/h2-3,5-21,23-41H,22H2,1H3/b20-3-. The van der Waals surface area contributed by atoms with Crippen LogP contribution in [0.2, 0.25) is 0 Å². The molecule has 0 aromatic heterocycles. The Morgan fingerprint density at radius 2 is 1.03 bits per heavy atom. The Kier molecular flexibility index (Phi) is 8.77. The van der Waals surface area contributed by atoms with Gasteiger partial charge in [-0.1, -0.05) is 188 Å². The van der Waals surface area contributed by atoms with Crippen molar-refractivity contribution in [1.82, 2.24) is 0 Å². The Morgan fingerprint density at radius 3 is 1.60 bits per heavy atom. The summed E-state index contributed by atoms with van der Waals surface area (Å²) in [4.78, 5) is 2.36. The van der Waals surface area contributed by atoms with Gasteiger partial charge in [0.15, 0.2) is 0 Å². The van der Waals surface area contributed by atoms with Gasteiger partial charge in [-0.2, -0.15) is 0 Å². The number of para-hydroxylation sites is 1. The van der Waals surface area contributed by atoms with E-state index in [-0.39, 0.29) is 5.92 Å². The summed E-state index contributed by atoms with van der Waals surface area (Å²) in [5, 5.41) is 0. The number of hydrogen-bond acceptors (Lipinski definition) is 1. The quantitative estimate of drug-likeness (QED) is 0.140. The van der Waals surface area contributed by atoms with Crippen LogP contribution in [0.1, 0.15) is 52.3 Å². The third-order valence-corrected chi connectivity index (χ3v) is 12.6. The van der Waals surface area contributed by atoms with Crippen molar-refractivity contribution in [3.05, 3.63) is 263 Å². The van der Waals surface area contributed by atoms with Crippen LogP contribution < -0.4 is 4.90 Å². The van der Waals surface area contributed by atoms with Crippen molar-refractivity contribution in [3.8, 4) is 23.5 Å². The van der Waals surface area contributed by atoms with Crippen molar-refractivity contribution in [2.24, 2.45) is 5.92 Å². The number of rotatable bonds is 8. The van der Waals surface area contributed by atoms with Crippen LogP contribution in [0.4, 0.5) is 17.1 Å².